The second-order valence-corrected chi connectivity index (χ2v) is 8.61. The third-order valence-corrected chi connectivity index (χ3v) is 6.85. The number of methoxy groups -OCH3 is 1. The van der Waals surface area contributed by atoms with Gasteiger partial charge in [0.05, 0.1) is 25.2 Å². The molecule has 8 heteroatoms. The van der Waals surface area contributed by atoms with Crippen LogP contribution < -0.4 is 9.47 Å². The molecule has 4 rings (SSSR count). The van der Waals surface area contributed by atoms with Crippen LogP contribution >= 0.6 is 0 Å². The Morgan fingerprint density at radius 3 is 2.54 bits per heavy atom. The number of rotatable bonds is 3. The van der Waals surface area contributed by atoms with E-state index in [1.807, 2.05) is 24.3 Å². The molecule has 0 spiro atoms. The first-order valence-electron chi connectivity index (χ1n) is 9.07. The lowest BCUT2D eigenvalue weighted by molar-refractivity contribution is -0.145. The molecule has 2 aromatic carbocycles. The Morgan fingerprint density at radius 1 is 1.07 bits per heavy atom. The van der Waals surface area contributed by atoms with Crippen molar-refractivity contribution in [3.63, 3.8) is 0 Å². The van der Waals surface area contributed by atoms with Crippen molar-refractivity contribution in [2.45, 2.75) is 30.3 Å². The summed E-state index contributed by atoms with van der Waals surface area (Å²) >= 11 is 0. The van der Waals surface area contributed by atoms with E-state index in [0.29, 0.717) is 24.7 Å². The molecule has 0 aliphatic carbocycles. The number of hydrogen-bond acceptors (Lipinski definition) is 6. The van der Waals surface area contributed by atoms with Crippen LogP contribution in [0.5, 0.6) is 11.5 Å². The molecule has 0 radical (unpaired) electrons. The van der Waals surface area contributed by atoms with Gasteiger partial charge in [-0.25, -0.2) is 8.42 Å². The fourth-order valence-electron chi connectivity index (χ4n) is 3.53. The van der Waals surface area contributed by atoms with E-state index in [1.54, 1.807) is 6.07 Å². The van der Waals surface area contributed by atoms with E-state index in [2.05, 4.69) is 0 Å². The van der Waals surface area contributed by atoms with Gasteiger partial charge < -0.3 is 14.2 Å². The maximum absolute atomic E-state index is 13.4. The molecule has 2 aliphatic rings. The average Bonchev–Trinajstić information content (AvgIpc) is 2.97. The van der Waals surface area contributed by atoms with Gasteiger partial charge in [-0.05, 0) is 23.3 Å². The normalized spacial score (nSPS) is 19.4. The number of ether oxygens (including phenoxy) is 3. The van der Waals surface area contributed by atoms with Crippen LogP contribution in [0.1, 0.15) is 17.5 Å². The lowest BCUT2D eigenvalue weighted by Crippen LogP contribution is -2.49. The topological polar surface area (TPSA) is 82.1 Å². The van der Waals surface area contributed by atoms with Crippen LogP contribution in [0.3, 0.4) is 0 Å². The van der Waals surface area contributed by atoms with Crippen molar-refractivity contribution in [2.24, 2.45) is 0 Å². The molecule has 0 bridgehead atoms. The van der Waals surface area contributed by atoms with E-state index in [4.69, 9.17) is 14.2 Å². The molecular weight excluding hydrogens is 382 g/mol. The highest BCUT2D eigenvalue weighted by Gasteiger charge is 2.40. The molecule has 7 nitrogen and oxygen atoms in total. The number of fused-ring (bicyclic) bond motifs is 2. The lowest BCUT2D eigenvalue weighted by Gasteiger charge is -2.34. The molecule has 1 atom stereocenters. The monoisotopic (exact) mass is 403 g/mol. The van der Waals surface area contributed by atoms with Crippen LogP contribution in [0.4, 0.5) is 0 Å². The number of carbonyl (C=O) groups is 1. The fourth-order valence-corrected chi connectivity index (χ4v) is 5.10. The predicted octanol–water partition coefficient (Wildman–Crippen LogP) is 2.14. The molecule has 0 fully saturated rings. The smallest absolute Gasteiger partial charge is 0.324 e. The summed E-state index contributed by atoms with van der Waals surface area (Å²) < 4.78 is 44.1. The highest BCUT2D eigenvalue weighted by Crippen LogP contribution is 2.35. The van der Waals surface area contributed by atoms with Gasteiger partial charge in [-0.3, -0.25) is 4.79 Å². The van der Waals surface area contributed by atoms with Crippen molar-refractivity contribution in [3.05, 3.63) is 53.6 Å². The standard InChI is InChI=1S/C20H21NO6S/c1-25-20(22)17-11-14-5-2-3-6-15(14)13-21(17)28(23,24)16-7-8-18-19(12-16)27-10-4-9-26-18/h2-3,5-8,12,17H,4,9-11,13H2,1H3/t17-/m0/s1. The molecule has 0 saturated heterocycles. The highest BCUT2D eigenvalue weighted by atomic mass is 32.2. The van der Waals surface area contributed by atoms with E-state index in [1.165, 1.54) is 23.5 Å². The number of sulfonamides is 1. The second kappa shape index (κ2) is 7.44. The molecule has 2 aliphatic heterocycles. The van der Waals surface area contributed by atoms with Crippen molar-refractivity contribution in [1.29, 1.82) is 0 Å². The van der Waals surface area contributed by atoms with Gasteiger partial charge in [0.15, 0.2) is 11.5 Å². The summed E-state index contributed by atoms with van der Waals surface area (Å²) in [6.45, 7) is 1.08. The maximum Gasteiger partial charge on any atom is 0.324 e. The first-order valence-corrected chi connectivity index (χ1v) is 10.5. The van der Waals surface area contributed by atoms with Gasteiger partial charge >= 0.3 is 5.97 Å². The van der Waals surface area contributed by atoms with E-state index in [0.717, 1.165) is 17.5 Å². The van der Waals surface area contributed by atoms with Crippen molar-refractivity contribution in [1.82, 2.24) is 4.31 Å². The number of nitrogens with zero attached hydrogens (tertiary/aromatic N) is 1. The third kappa shape index (κ3) is 3.33. The fraction of sp³-hybridized carbons (Fsp3) is 0.350. The van der Waals surface area contributed by atoms with Crippen LogP contribution in [0, 0.1) is 0 Å². The Balaban J connectivity index is 1.74. The Hall–Kier alpha value is -2.58. The Bertz CT molecular complexity index is 1000. The summed E-state index contributed by atoms with van der Waals surface area (Å²) in [7, 11) is -2.69. The Morgan fingerprint density at radius 2 is 1.79 bits per heavy atom. The quantitative estimate of drug-likeness (QED) is 0.731. The zero-order valence-corrected chi connectivity index (χ0v) is 16.3. The molecule has 2 aromatic rings. The third-order valence-electron chi connectivity index (χ3n) is 5.00. The van der Waals surface area contributed by atoms with Gasteiger partial charge in [0.25, 0.3) is 0 Å². The number of benzene rings is 2. The minimum atomic E-state index is -3.96. The summed E-state index contributed by atoms with van der Waals surface area (Å²) in [5.41, 5.74) is 1.82. The number of carbonyl (C=O) groups excluding carboxylic acids is 1. The van der Waals surface area contributed by atoms with Gasteiger partial charge in [-0.1, -0.05) is 24.3 Å². The van der Waals surface area contributed by atoms with Crippen LogP contribution in [-0.2, 0) is 32.5 Å². The van der Waals surface area contributed by atoms with Crippen LogP contribution in [0.15, 0.2) is 47.4 Å². The molecule has 0 saturated carbocycles. The van der Waals surface area contributed by atoms with E-state index in [-0.39, 0.29) is 17.9 Å². The maximum atomic E-state index is 13.4. The van der Waals surface area contributed by atoms with Crippen molar-refractivity contribution < 1.29 is 27.4 Å². The second-order valence-electron chi connectivity index (χ2n) is 6.72. The van der Waals surface area contributed by atoms with E-state index >= 15 is 0 Å². The molecule has 148 valence electrons. The minimum Gasteiger partial charge on any atom is -0.490 e. The van der Waals surface area contributed by atoms with Gasteiger partial charge in [0.2, 0.25) is 10.0 Å². The molecule has 2 heterocycles. The summed E-state index contributed by atoms with van der Waals surface area (Å²) in [5.74, 6) is 0.336. The van der Waals surface area contributed by atoms with Gasteiger partial charge in [-0.2, -0.15) is 4.31 Å². The SMILES string of the molecule is COC(=O)[C@@H]1Cc2ccccc2CN1S(=O)(=O)c1ccc2c(c1)OCCCO2. The zero-order chi connectivity index (χ0) is 19.7. The molecule has 0 unspecified atom stereocenters. The van der Waals surface area contributed by atoms with Crippen molar-refractivity contribution in [3.8, 4) is 11.5 Å². The Labute approximate surface area is 163 Å². The van der Waals surface area contributed by atoms with Crippen LogP contribution in [-0.4, -0.2) is 45.1 Å². The van der Waals surface area contributed by atoms with Crippen molar-refractivity contribution in [2.75, 3.05) is 20.3 Å². The van der Waals surface area contributed by atoms with E-state index in [9.17, 15) is 13.2 Å². The van der Waals surface area contributed by atoms with Crippen molar-refractivity contribution >= 4 is 16.0 Å². The average molecular weight is 403 g/mol. The predicted molar refractivity (Wildman–Crippen MR) is 101 cm³/mol. The first kappa shape index (κ1) is 18.8. The summed E-state index contributed by atoms with van der Waals surface area (Å²) in [6.07, 6.45) is 0.997. The van der Waals surface area contributed by atoms with Crippen LogP contribution in [0.2, 0.25) is 0 Å². The number of esters is 1. The highest BCUT2D eigenvalue weighted by molar-refractivity contribution is 7.89. The molecule has 0 N–H and O–H groups in total. The molecule has 0 amide bonds. The minimum absolute atomic E-state index is 0.0602. The molecule has 28 heavy (non-hydrogen) atoms. The van der Waals surface area contributed by atoms with Crippen LogP contribution in [0.25, 0.3) is 0 Å². The lowest BCUT2D eigenvalue weighted by atomic mass is 9.96. The first-order chi connectivity index (χ1) is 13.5. The Kier molecular flexibility index (Phi) is 4.99. The summed E-state index contributed by atoms with van der Waals surface area (Å²) in [5, 5.41) is 0. The molecule has 0 aromatic heterocycles. The van der Waals surface area contributed by atoms with E-state index < -0.39 is 22.0 Å². The molecular formula is C20H21NO6S. The van der Waals surface area contributed by atoms with Gasteiger partial charge in [0, 0.05) is 25.5 Å². The van der Waals surface area contributed by atoms with Gasteiger partial charge in [-0.15, -0.1) is 0 Å². The summed E-state index contributed by atoms with van der Waals surface area (Å²) in [6, 6.07) is 11.1. The van der Waals surface area contributed by atoms with Gasteiger partial charge in [0.1, 0.15) is 6.04 Å². The largest absolute Gasteiger partial charge is 0.490 e. The zero-order valence-electron chi connectivity index (χ0n) is 15.5. The summed E-state index contributed by atoms with van der Waals surface area (Å²) in [4.78, 5) is 12.4. The number of hydrogen-bond donors (Lipinski definition) is 0.